The topological polar surface area (TPSA) is 67.4 Å². The van der Waals surface area contributed by atoms with Crippen molar-refractivity contribution in [3.05, 3.63) is 71.2 Å². The van der Waals surface area contributed by atoms with Gasteiger partial charge in [0.2, 0.25) is 0 Å². The first-order valence-electron chi connectivity index (χ1n) is 11.4. The summed E-state index contributed by atoms with van der Waals surface area (Å²) < 4.78 is 11.6. The molecule has 170 valence electrons. The monoisotopic (exact) mass is 461 g/mol. The summed E-state index contributed by atoms with van der Waals surface area (Å²) in [6.07, 6.45) is 4.40. The number of para-hydroxylation sites is 2. The van der Waals surface area contributed by atoms with Gasteiger partial charge >= 0.3 is 6.09 Å². The summed E-state index contributed by atoms with van der Waals surface area (Å²) >= 11 is 1.50. The highest BCUT2D eigenvalue weighted by Gasteiger charge is 2.24. The van der Waals surface area contributed by atoms with Gasteiger partial charge in [-0.25, -0.2) is 9.78 Å². The Hall–Kier alpha value is -3.32. The number of likely N-dealkylation sites (tertiary alicyclic amines) is 1. The Kier molecular flexibility index (Phi) is 6.58. The Bertz CT molecular complexity index is 1160. The SMILES string of the molecule is O=C(OCc1nccs1)N1CCC(CCOc2ccccc2-c2cc3ccccc3[nH]2)CC1. The number of benzene rings is 2. The van der Waals surface area contributed by atoms with E-state index in [-0.39, 0.29) is 12.7 Å². The van der Waals surface area contributed by atoms with Gasteiger partial charge in [-0.1, -0.05) is 30.3 Å². The number of aromatic amines is 1. The number of nitrogens with zero attached hydrogens (tertiary/aromatic N) is 2. The molecular formula is C26H27N3O3S. The average Bonchev–Trinajstić information content (AvgIpc) is 3.53. The van der Waals surface area contributed by atoms with E-state index < -0.39 is 0 Å². The Morgan fingerprint density at radius 2 is 1.94 bits per heavy atom. The summed E-state index contributed by atoms with van der Waals surface area (Å²) in [7, 11) is 0. The Morgan fingerprint density at radius 3 is 2.76 bits per heavy atom. The van der Waals surface area contributed by atoms with Gasteiger partial charge < -0.3 is 19.4 Å². The number of thiazole rings is 1. The molecule has 1 amide bonds. The molecule has 4 aromatic rings. The summed E-state index contributed by atoms with van der Waals surface area (Å²) in [5, 5.41) is 3.90. The predicted molar refractivity (Wildman–Crippen MR) is 130 cm³/mol. The van der Waals surface area contributed by atoms with E-state index in [0.717, 1.165) is 59.9 Å². The fourth-order valence-corrected chi connectivity index (χ4v) is 4.84. The van der Waals surface area contributed by atoms with Crippen LogP contribution in [0.4, 0.5) is 4.79 Å². The fourth-order valence-electron chi connectivity index (χ4n) is 4.31. The minimum absolute atomic E-state index is 0.243. The molecule has 0 saturated carbocycles. The van der Waals surface area contributed by atoms with Crippen molar-refractivity contribution in [3.8, 4) is 17.0 Å². The third-order valence-electron chi connectivity index (χ3n) is 6.17. The first-order chi connectivity index (χ1) is 16.3. The lowest BCUT2D eigenvalue weighted by Crippen LogP contribution is -2.39. The molecule has 33 heavy (non-hydrogen) atoms. The zero-order valence-electron chi connectivity index (χ0n) is 18.4. The minimum atomic E-state index is -0.243. The lowest BCUT2D eigenvalue weighted by atomic mass is 9.94. The van der Waals surface area contributed by atoms with Crippen molar-refractivity contribution >= 4 is 28.3 Å². The number of piperidine rings is 1. The van der Waals surface area contributed by atoms with Gasteiger partial charge in [0.15, 0.2) is 0 Å². The van der Waals surface area contributed by atoms with E-state index in [1.165, 1.54) is 16.7 Å². The van der Waals surface area contributed by atoms with Crippen molar-refractivity contribution in [1.82, 2.24) is 14.9 Å². The second-order valence-corrected chi connectivity index (χ2v) is 9.29. The molecular weight excluding hydrogens is 434 g/mol. The van der Waals surface area contributed by atoms with Crippen LogP contribution in [0.1, 0.15) is 24.3 Å². The van der Waals surface area contributed by atoms with Crippen molar-refractivity contribution in [2.75, 3.05) is 19.7 Å². The summed E-state index contributed by atoms with van der Waals surface area (Å²) in [6, 6.07) is 18.6. The van der Waals surface area contributed by atoms with E-state index in [1.54, 1.807) is 11.1 Å². The van der Waals surface area contributed by atoms with E-state index in [1.807, 2.05) is 35.7 Å². The number of ether oxygens (including phenoxy) is 2. The zero-order valence-corrected chi connectivity index (χ0v) is 19.2. The Labute approximate surface area is 197 Å². The fraction of sp³-hybridized carbons (Fsp3) is 0.308. The molecule has 0 unspecified atom stereocenters. The van der Waals surface area contributed by atoms with Crippen LogP contribution in [0.3, 0.4) is 0 Å². The first-order valence-corrected chi connectivity index (χ1v) is 12.2. The van der Waals surface area contributed by atoms with Crippen LogP contribution >= 0.6 is 11.3 Å². The van der Waals surface area contributed by atoms with E-state index >= 15 is 0 Å². The number of rotatable bonds is 7. The van der Waals surface area contributed by atoms with Gasteiger partial charge in [0.25, 0.3) is 0 Å². The Morgan fingerprint density at radius 1 is 1.12 bits per heavy atom. The Balaban J connectivity index is 1.11. The third-order valence-corrected chi connectivity index (χ3v) is 6.92. The van der Waals surface area contributed by atoms with Crippen molar-refractivity contribution in [2.45, 2.75) is 25.9 Å². The molecule has 6 nitrogen and oxygen atoms in total. The molecule has 0 radical (unpaired) electrons. The number of hydrogen-bond acceptors (Lipinski definition) is 5. The second-order valence-electron chi connectivity index (χ2n) is 8.31. The molecule has 1 aliphatic heterocycles. The van der Waals surface area contributed by atoms with Gasteiger partial charge in [-0.15, -0.1) is 11.3 Å². The molecule has 5 rings (SSSR count). The van der Waals surface area contributed by atoms with E-state index in [9.17, 15) is 4.79 Å². The largest absolute Gasteiger partial charge is 0.493 e. The van der Waals surface area contributed by atoms with Crippen LogP contribution in [0.25, 0.3) is 22.2 Å². The number of H-pyrrole nitrogens is 1. The maximum absolute atomic E-state index is 12.3. The maximum atomic E-state index is 12.3. The van der Waals surface area contributed by atoms with Crippen LogP contribution in [-0.4, -0.2) is 40.7 Å². The van der Waals surface area contributed by atoms with Gasteiger partial charge in [0.05, 0.1) is 12.3 Å². The molecule has 2 aromatic carbocycles. The number of aromatic nitrogens is 2. The van der Waals surface area contributed by atoms with Gasteiger partial charge in [-0.3, -0.25) is 0 Å². The summed E-state index contributed by atoms with van der Waals surface area (Å²) in [6.45, 7) is 2.37. The van der Waals surface area contributed by atoms with Gasteiger partial charge in [-0.05, 0) is 49.4 Å². The van der Waals surface area contributed by atoms with Crippen molar-refractivity contribution in [1.29, 1.82) is 0 Å². The standard InChI is InChI=1S/C26H27N3O3S/c30-26(32-18-25-27-12-16-33-25)29-13-9-19(10-14-29)11-15-31-24-8-4-2-6-21(24)23-17-20-5-1-3-7-22(20)28-23/h1-8,12,16-17,19,28H,9-11,13-15,18H2. The van der Waals surface area contributed by atoms with Crippen LogP contribution in [0.5, 0.6) is 5.75 Å². The van der Waals surface area contributed by atoms with Crippen LogP contribution < -0.4 is 4.74 Å². The highest BCUT2D eigenvalue weighted by Crippen LogP contribution is 2.32. The zero-order chi connectivity index (χ0) is 22.5. The van der Waals surface area contributed by atoms with E-state index in [4.69, 9.17) is 9.47 Å². The molecule has 1 fully saturated rings. The molecule has 0 atom stereocenters. The quantitative estimate of drug-likeness (QED) is 0.361. The minimum Gasteiger partial charge on any atom is -0.493 e. The van der Waals surface area contributed by atoms with Crippen LogP contribution in [0, 0.1) is 5.92 Å². The molecule has 1 N–H and O–H groups in total. The average molecular weight is 462 g/mol. The molecule has 7 heteroatoms. The highest BCUT2D eigenvalue weighted by molar-refractivity contribution is 7.09. The van der Waals surface area contributed by atoms with Crippen LogP contribution in [0.15, 0.2) is 66.2 Å². The number of hydrogen-bond donors (Lipinski definition) is 1. The summed E-state index contributed by atoms with van der Waals surface area (Å²) in [4.78, 5) is 21.7. The third kappa shape index (κ3) is 5.20. The van der Waals surface area contributed by atoms with E-state index in [0.29, 0.717) is 12.5 Å². The number of amides is 1. The van der Waals surface area contributed by atoms with Gasteiger partial charge in [0.1, 0.15) is 17.4 Å². The van der Waals surface area contributed by atoms with Crippen molar-refractivity contribution < 1.29 is 14.3 Å². The normalized spacial score (nSPS) is 14.5. The lowest BCUT2D eigenvalue weighted by Gasteiger charge is -2.31. The summed E-state index contributed by atoms with van der Waals surface area (Å²) in [5.74, 6) is 1.44. The molecule has 1 saturated heterocycles. The van der Waals surface area contributed by atoms with E-state index in [2.05, 4.69) is 34.2 Å². The number of carbonyl (C=O) groups is 1. The van der Waals surface area contributed by atoms with Gasteiger partial charge in [-0.2, -0.15) is 0 Å². The van der Waals surface area contributed by atoms with Gasteiger partial charge in [0, 0.05) is 41.1 Å². The predicted octanol–water partition coefficient (Wildman–Crippen LogP) is 6.11. The maximum Gasteiger partial charge on any atom is 0.410 e. The first kappa shape index (κ1) is 21.5. The molecule has 0 aliphatic carbocycles. The number of nitrogens with one attached hydrogen (secondary N) is 1. The van der Waals surface area contributed by atoms with Crippen molar-refractivity contribution in [3.63, 3.8) is 0 Å². The molecule has 3 heterocycles. The van der Waals surface area contributed by atoms with Crippen molar-refractivity contribution in [2.24, 2.45) is 5.92 Å². The van der Waals surface area contributed by atoms with Crippen LogP contribution in [-0.2, 0) is 11.3 Å². The van der Waals surface area contributed by atoms with Crippen LogP contribution in [0.2, 0.25) is 0 Å². The molecule has 0 spiro atoms. The number of carbonyl (C=O) groups excluding carboxylic acids is 1. The molecule has 2 aromatic heterocycles. The smallest absolute Gasteiger partial charge is 0.410 e. The lowest BCUT2D eigenvalue weighted by molar-refractivity contribution is 0.0799. The summed E-state index contributed by atoms with van der Waals surface area (Å²) in [5.41, 5.74) is 3.27. The highest BCUT2D eigenvalue weighted by atomic mass is 32.1. The molecule has 1 aliphatic rings. The second kappa shape index (κ2) is 10.1. The molecule has 0 bridgehead atoms. The number of fused-ring (bicyclic) bond motifs is 1.